The lowest BCUT2D eigenvalue weighted by molar-refractivity contribution is -0.120. The number of benzene rings is 4. The third kappa shape index (κ3) is 6.58. The summed E-state index contributed by atoms with van der Waals surface area (Å²) < 4.78 is 11.1. The SMILES string of the molecule is CCOc1cc(/C=N/NC(=O)CNC(=O)c2cccc3ccccc23)ccc1OC(=O)c1ccccc1. The highest BCUT2D eigenvalue weighted by atomic mass is 16.6. The van der Waals surface area contributed by atoms with Gasteiger partial charge in [0.1, 0.15) is 0 Å². The number of carbonyl (C=O) groups is 3. The molecular formula is C29H25N3O5. The molecule has 186 valence electrons. The van der Waals surface area contributed by atoms with Crippen molar-refractivity contribution >= 4 is 34.8 Å². The lowest BCUT2D eigenvalue weighted by Gasteiger charge is -2.11. The topological polar surface area (TPSA) is 106 Å². The third-order valence-corrected chi connectivity index (χ3v) is 5.33. The summed E-state index contributed by atoms with van der Waals surface area (Å²) in [4.78, 5) is 37.2. The van der Waals surface area contributed by atoms with Gasteiger partial charge in [0.15, 0.2) is 11.5 Å². The molecule has 0 bridgehead atoms. The Morgan fingerprint density at radius 1 is 0.865 bits per heavy atom. The van der Waals surface area contributed by atoms with Crippen LogP contribution in [0.3, 0.4) is 0 Å². The number of hydrazone groups is 1. The van der Waals surface area contributed by atoms with Crippen molar-refractivity contribution < 1.29 is 23.9 Å². The molecule has 37 heavy (non-hydrogen) atoms. The number of hydrogen-bond acceptors (Lipinski definition) is 6. The smallest absolute Gasteiger partial charge is 0.343 e. The zero-order chi connectivity index (χ0) is 26.0. The van der Waals surface area contributed by atoms with Crippen LogP contribution < -0.4 is 20.2 Å². The van der Waals surface area contributed by atoms with E-state index >= 15 is 0 Å². The summed E-state index contributed by atoms with van der Waals surface area (Å²) in [5, 5.41) is 8.30. The highest BCUT2D eigenvalue weighted by Gasteiger charge is 2.13. The molecule has 0 atom stereocenters. The van der Waals surface area contributed by atoms with Crippen LogP contribution in [0.4, 0.5) is 0 Å². The summed E-state index contributed by atoms with van der Waals surface area (Å²) in [6.45, 7) is 1.94. The molecule has 2 amide bonds. The average molecular weight is 496 g/mol. The van der Waals surface area contributed by atoms with Crippen molar-refractivity contribution in [2.24, 2.45) is 5.10 Å². The summed E-state index contributed by atoms with van der Waals surface area (Å²) in [5.41, 5.74) is 3.91. The number of amides is 2. The van der Waals surface area contributed by atoms with Crippen LogP contribution in [0.15, 0.2) is 96.1 Å². The highest BCUT2D eigenvalue weighted by Crippen LogP contribution is 2.29. The first kappa shape index (κ1) is 25.1. The predicted molar refractivity (Wildman–Crippen MR) is 141 cm³/mol. The van der Waals surface area contributed by atoms with E-state index in [-0.39, 0.29) is 18.2 Å². The molecule has 0 aliphatic rings. The first-order valence-electron chi connectivity index (χ1n) is 11.7. The van der Waals surface area contributed by atoms with Gasteiger partial charge in [0.25, 0.3) is 11.8 Å². The maximum atomic E-state index is 12.6. The maximum Gasteiger partial charge on any atom is 0.343 e. The molecule has 0 saturated carbocycles. The van der Waals surface area contributed by atoms with E-state index in [4.69, 9.17) is 9.47 Å². The molecule has 4 rings (SSSR count). The summed E-state index contributed by atoms with van der Waals surface area (Å²) in [5.74, 6) is -0.695. The number of fused-ring (bicyclic) bond motifs is 1. The lowest BCUT2D eigenvalue weighted by atomic mass is 10.0. The molecule has 0 unspecified atom stereocenters. The van der Waals surface area contributed by atoms with Gasteiger partial charge in [-0.2, -0.15) is 5.10 Å². The molecule has 4 aromatic rings. The lowest BCUT2D eigenvalue weighted by Crippen LogP contribution is -2.35. The van der Waals surface area contributed by atoms with E-state index < -0.39 is 11.9 Å². The second-order valence-electron chi connectivity index (χ2n) is 7.90. The van der Waals surface area contributed by atoms with Crippen LogP contribution in [0.25, 0.3) is 10.8 Å². The first-order valence-corrected chi connectivity index (χ1v) is 11.7. The second-order valence-corrected chi connectivity index (χ2v) is 7.90. The molecule has 8 nitrogen and oxygen atoms in total. The Morgan fingerprint density at radius 2 is 1.62 bits per heavy atom. The van der Waals surface area contributed by atoms with Gasteiger partial charge in [-0.15, -0.1) is 0 Å². The molecule has 0 saturated heterocycles. The Kier molecular flexibility index (Phi) is 8.23. The highest BCUT2D eigenvalue weighted by molar-refractivity contribution is 6.07. The molecule has 0 aliphatic heterocycles. The number of nitrogens with one attached hydrogen (secondary N) is 2. The van der Waals surface area contributed by atoms with Crippen LogP contribution in [-0.2, 0) is 4.79 Å². The van der Waals surface area contributed by atoms with Crippen molar-refractivity contribution in [3.05, 3.63) is 108 Å². The third-order valence-electron chi connectivity index (χ3n) is 5.33. The second kappa shape index (κ2) is 12.1. The Bertz CT molecular complexity index is 1450. The van der Waals surface area contributed by atoms with Crippen LogP contribution in [-0.4, -0.2) is 37.1 Å². The summed E-state index contributed by atoms with van der Waals surface area (Å²) >= 11 is 0. The van der Waals surface area contributed by atoms with Crippen molar-refractivity contribution in [3.63, 3.8) is 0 Å². The zero-order valence-corrected chi connectivity index (χ0v) is 20.1. The minimum absolute atomic E-state index is 0.238. The van der Waals surface area contributed by atoms with Gasteiger partial charge in [-0.25, -0.2) is 10.2 Å². The van der Waals surface area contributed by atoms with Crippen LogP contribution in [0, 0.1) is 0 Å². The number of esters is 1. The number of nitrogens with zero attached hydrogens (tertiary/aromatic N) is 1. The van der Waals surface area contributed by atoms with E-state index in [9.17, 15) is 14.4 Å². The largest absolute Gasteiger partial charge is 0.490 e. The van der Waals surface area contributed by atoms with Crippen LogP contribution in [0.5, 0.6) is 11.5 Å². The molecule has 0 heterocycles. The van der Waals surface area contributed by atoms with Gasteiger partial charge in [0.2, 0.25) is 0 Å². The van der Waals surface area contributed by atoms with Gasteiger partial charge < -0.3 is 14.8 Å². The Hall–Kier alpha value is -4.98. The molecule has 2 N–H and O–H groups in total. The molecule has 8 heteroatoms. The quantitative estimate of drug-likeness (QED) is 0.156. The van der Waals surface area contributed by atoms with E-state index in [1.807, 2.05) is 43.3 Å². The minimum Gasteiger partial charge on any atom is -0.490 e. The maximum absolute atomic E-state index is 12.6. The Morgan fingerprint density at radius 3 is 2.43 bits per heavy atom. The van der Waals surface area contributed by atoms with Gasteiger partial charge in [-0.3, -0.25) is 9.59 Å². The number of rotatable bonds is 9. The number of carbonyl (C=O) groups excluding carboxylic acids is 3. The van der Waals surface area contributed by atoms with Crippen LogP contribution >= 0.6 is 0 Å². The molecule has 0 aliphatic carbocycles. The molecular weight excluding hydrogens is 470 g/mol. The van der Waals surface area contributed by atoms with E-state index in [2.05, 4.69) is 15.8 Å². The standard InChI is InChI=1S/C29H25N3O5/c1-2-36-26-17-20(15-16-25(26)37-29(35)22-10-4-3-5-11-22)18-31-32-27(33)19-30-28(34)24-14-8-12-21-9-6-7-13-23(21)24/h3-18H,2,19H2,1H3,(H,30,34)(H,32,33)/b31-18+. The summed E-state index contributed by atoms with van der Waals surface area (Å²) in [6, 6.07) is 26.5. The van der Waals surface area contributed by atoms with Gasteiger partial charge in [-0.05, 0) is 59.7 Å². The van der Waals surface area contributed by atoms with Crippen molar-refractivity contribution in [2.45, 2.75) is 6.92 Å². The fourth-order valence-electron chi connectivity index (χ4n) is 3.59. The monoisotopic (exact) mass is 495 g/mol. The van der Waals surface area contributed by atoms with Crippen molar-refractivity contribution in [2.75, 3.05) is 13.2 Å². The van der Waals surface area contributed by atoms with Gasteiger partial charge in [-0.1, -0.05) is 54.6 Å². The predicted octanol–water partition coefficient (Wildman–Crippen LogP) is 4.34. The summed E-state index contributed by atoms with van der Waals surface area (Å²) in [7, 11) is 0. The van der Waals surface area contributed by atoms with E-state index in [1.165, 1.54) is 6.21 Å². The average Bonchev–Trinajstić information content (AvgIpc) is 2.93. The van der Waals surface area contributed by atoms with Gasteiger partial charge in [0.05, 0.1) is 24.9 Å². The minimum atomic E-state index is -0.499. The zero-order valence-electron chi connectivity index (χ0n) is 20.1. The molecule has 0 radical (unpaired) electrons. The van der Waals surface area contributed by atoms with Crippen LogP contribution in [0.1, 0.15) is 33.2 Å². The van der Waals surface area contributed by atoms with Crippen molar-refractivity contribution in [1.82, 2.24) is 10.7 Å². The Labute approximate surface area is 213 Å². The number of hydrogen-bond donors (Lipinski definition) is 2. The van der Waals surface area contributed by atoms with Crippen LogP contribution in [0.2, 0.25) is 0 Å². The molecule has 0 spiro atoms. The molecule has 4 aromatic carbocycles. The fourth-order valence-corrected chi connectivity index (χ4v) is 3.59. The normalized spacial score (nSPS) is 10.7. The fraction of sp³-hybridized carbons (Fsp3) is 0.103. The van der Waals surface area contributed by atoms with Crippen molar-refractivity contribution in [3.8, 4) is 11.5 Å². The van der Waals surface area contributed by atoms with Gasteiger partial charge in [0, 0.05) is 5.56 Å². The summed E-state index contributed by atoms with van der Waals surface area (Å²) in [6.07, 6.45) is 1.43. The van der Waals surface area contributed by atoms with E-state index in [0.29, 0.717) is 29.0 Å². The Balaban J connectivity index is 1.34. The van der Waals surface area contributed by atoms with Gasteiger partial charge >= 0.3 is 5.97 Å². The molecule has 0 fully saturated rings. The van der Waals surface area contributed by atoms with E-state index in [0.717, 1.165) is 10.8 Å². The van der Waals surface area contributed by atoms with E-state index in [1.54, 1.807) is 54.6 Å². The number of ether oxygens (including phenoxy) is 2. The molecule has 0 aromatic heterocycles. The van der Waals surface area contributed by atoms with Crippen molar-refractivity contribution in [1.29, 1.82) is 0 Å². The first-order chi connectivity index (χ1) is 18.0.